The van der Waals surface area contributed by atoms with E-state index < -0.39 is 0 Å². The second kappa shape index (κ2) is 5.79. The second-order valence-electron chi connectivity index (χ2n) is 6.99. The first kappa shape index (κ1) is 14.4. The van der Waals surface area contributed by atoms with Crippen molar-refractivity contribution in [2.24, 2.45) is 5.41 Å². The highest BCUT2D eigenvalue weighted by Crippen LogP contribution is 2.27. The molecule has 0 unspecified atom stereocenters. The Bertz CT molecular complexity index is 242. The van der Waals surface area contributed by atoms with Crippen molar-refractivity contribution in [3.8, 4) is 0 Å². The van der Waals surface area contributed by atoms with E-state index in [1.54, 1.807) is 0 Å². The van der Waals surface area contributed by atoms with Gasteiger partial charge in [-0.15, -0.1) is 0 Å². The first-order valence-electron chi connectivity index (χ1n) is 7.02. The zero-order valence-electron chi connectivity index (χ0n) is 12.2. The smallest absolute Gasteiger partial charge is 0.0916 e. The monoisotopic (exact) mass is 238 g/mol. The lowest BCUT2D eigenvalue weighted by Crippen LogP contribution is -2.45. The maximum Gasteiger partial charge on any atom is 0.0916 e. The molecule has 2 heteroatoms. The van der Waals surface area contributed by atoms with Gasteiger partial charge in [-0.25, -0.2) is 0 Å². The van der Waals surface area contributed by atoms with Crippen LogP contribution in [0.25, 0.3) is 0 Å². The third kappa shape index (κ3) is 5.99. The first-order valence-corrected chi connectivity index (χ1v) is 7.02. The van der Waals surface area contributed by atoms with Crippen molar-refractivity contribution in [2.45, 2.75) is 71.8 Å². The van der Waals surface area contributed by atoms with Gasteiger partial charge in [0.2, 0.25) is 0 Å². The van der Waals surface area contributed by atoms with Crippen molar-refractivity contribution >= 4 is 0 Å². The largest absolute Gasteiger partial charge is 0.372 e. The summed E-state index contributed by atoms with van der Waals surface area (Å²) in [6.45, 7) is 14.1. The van der Waals surface area contributed by atoms with Crippen LogP contribution in [0.4, 0.5) is 0 Å². The van der Waals surface area contributed by atoms with Crippen LogP contribution in [0.1, 0.15) is 66.2 Å². The fourth-order valence-corrected chi connectivity index (χ4v) is 2.41. The van der Waals surface area contributed by atoms with Gasteiger partial charge in [0.25, 0.3) is 0 Å². The quantitative estimate of drug-likeness (QED) is 0.728. The molecule has 0 aromatic carbocycles. The Labute approximate surface area is 107 Å². The molecule has 2 nitrogen and oxygen atoms in total. The zero-order valence-corrected chi connectivity index (χ0v) is 12.2. The van der Waals surface area contributed by atoms with Crippen molar-refractivity contribution in [1.82, 2.24) is 10.6 Å². The fourth-order valence-electron chi connectivity index (χ4n) is 2.41. The van der Waals surface area contributed by atoms with Gasteiger partial charge in [-0.3, -0.25) is 0 Å². The van der Waals surface area contributed by atoms with Crippen molar-refractivity contribution in [3.05, 3.63) is 12.4 Å². The third-order valence-electron chi connectivity index (χ3n) is 3.49. The lowest BCUT2D eigenvalue weighted by molar-refractivity contribution is 0.320. The van der Waals surface area contributed by atoms with E-state index in [-0.39, 0.29) is 5.54 Å². The van der Waals surface area contributed by atoms with Crippen LogP contribution in [0.3, 0.4) is 0 Å². The lowest BCUT2D eigenvalue weighted by Gasteiger charge is -2.33. The van der Waals surface area contributed by atoms with Crippen LogP contribution in [0.2, 0.25) is 0 Å². The molecule has 0 radical (unpaired) electrons. The molecule has 0 aliphatic heterocycles. The van der Waals surface area contributed by atoms with Crippen LogP contribution in [-0.4, -0.2) is 12.1 Å². The molecule has 0 heterocycles. The molecule has 1 rings (SSSR count). The van der Waals surface area contributed by atoms with Crippen molar-refractivity contribution in [3.63, 3.8) is 0 Å². The molecular weight excluding hydrogens is 208 g/mol. The van der Waals surface area contributed by atoms with Crippen molar-refractivity contribution in [1.29, 1.82) is 0 Å². The van der Waals surface area contributed by atoms with Crippen LogP contribution in [-0.2, 0) is 0 Å². The van der Waals surface area contributed by atoms with Gasteiger partial charge < -0.3 is 10.6 Å². The van der Waals surface area contributed by atoms with E-state index in [1.807, 2.05) is 0 Å². The van der Waals surface area contributed by atoms with E-state index in [0.717, 1.165) is 12.4 Å². The summed E-state index contributed by atoms with van der Waals surface area (Å²) < 4.78 is 0. The molecule has 0 saturated heterocycles. The predicted molar refractivity (Wildman–Crippen MR) is 75.8 cm³/mol. The van der Waals surface area contributed by atoms with Crippen LogP contribution in [0.5, 0.6) is 0 Å². The van der Waals surface area contributed by atoms with Gasteiger partial charge in [0.05, 0.1) is 5.82 Å². The number of hydrogen-bond donors (Lipinski definition) is 2. The van der Waals surface area contributed by atoms with E-state index >= 15 is 0 Å². The molecular formula is C15H30N2. The molecule has 0 aromatic heterocycles. The summed E-state index contributed by atoms with van der Waals surface area (Å²) in [5.74, 6) is 0.990. The Balaban J connectivity index is 2.38. The summed E-state index contributed by atoms with van der Waals surface area (Å²) in [5, 5.41) is 7.01. The van der Waals surface area contributed by atoms with E-state index in [2.05, 4.69) is 44.9 Å². The summed E-state index contributed by atoms with van der Waals surface area (Å²) in [7, 11) is 0. The Morgan fingerprint density at radius 3 is 2.12 bits per heavy atom. The number of hydrogen-bond acceptors (Lipinski definition) is 2. The summed E-state index contributed by atoms with van der Waals surface area (Å²) in [6, 6.07) is 0. The fraction of sp³-hybridized carbons (Fsp3) is 0.867. The van der Waals surface area contributed by atoms with Crippen LogP contribution < -0.4 is 10.6 Å². The highest BCUT2D eigenvalue weighted by Gasteiger charge is 2.25. The summed E-state index contributed by atoms with van der Waals surface area (Å²) in [6.07, 6.45) is 8.00. The molecule has 100 valence electrons. The molecule has 1 saturated carbocycles. The van der Waals surface area contributed by atoms with Crippen LogP contribution in [0.15, 0.2) is 12.4 Å². The van der Waals surface area contributed by atoms with Gasteiger partial charge >= 0.3 is 0 Å². The van der Waals surface area contributed by atoms with Gasteiger partial charge in [0, 0.05) is 12.1 Å². The summed E-state index contributed by atoms with van der Waals surface area (Å²) in [4.78, 5) is 0. The maximum atomic E-state index is 4.11. The zero-order chi connectivity index (χ0) is 12.9. The molecule has 0 spiro atoms. The third-order valence-corrected chi connectivity index (χ3v) is 3.49. The molecule has 1 aliphatic carbocycles. The molecule has 0 bridgehead atoms. The molecule has 0 amide bonds. The van der Waals surface area contributed by atoms with Gasteiger partial charge in [0.15, 0.2) is 0 Å². The highest BCUT2D eigenvalue weighted by molar-refractivity contribution is 4.98. The Morgan fingerprint density at radius 2 is 1.65 bits per heavy atom. The predicted octanol–water partition coefficient (Wildman–Crippen LogP) is 3.80. The normalized spacial score (nSPS) is 20.5. The SMILES string of the molecule is C=C(NCC(C)(C)C)NC1(C)CCCCCC1. The number of nitrogens with one attached hydrogen (secondary N) is 2. The Kier molecular flexibility index (Phi) is 4.91. The standard InChI is InChI=1S/C15H30N2/c1-13(16-12-14(2,3)4)17-15(5)10-8-6-7-9-11-15/h16-17H,1,6-12H2,2-5H3. The first-order chi connectivity index (χ1) is 7.81. The Hall–Kier alpha value is -0.660. The molecule has 1 aliphatic rings. The Morgan fingerprint density at radius 1 is 1.12 bits per heavy atom. The van der Waals surface area contributed by atoms with Crippen molar-refractivity contribution < 1.29 is 0 Å². The summed E-state index contributed by atoms with van der Waals surface area (Å²) in [5.41, 5.74) is 0.549. The van der Waals surface area contributed by atoms with Gasteiger partial charge in [-0.1, -0.05) is 53.0 Å². The summed E-state index contributed by atoms with van der Waals surface area (Å²) >= 11 is 0. The van der Waals surface area contributed by atoms with Crippen LogP contribution in [0, 0.1) is 5.41 Å². The molecule has 0 aromatic rings. The molecule has 1 fully saturated rings. The maximum absolute atomic E-state index is 4.11. The second-order valence-corrected chi connectivity index (χ2v) is 6.99. The topological polar surface area (TPSA) is 24.1 Å². The average Bonchev–Trinajstić information content (AvgIpc) is 2.39. The van der Waals surface area contributed by atoms with Gasteiger partial charge in [-0.2, -0.15) is 0 Å². The minimum absolute atomic E-state index is 0.248. The minimum Gasteiger partial charge on any atom is -0.372 e. The van der Waals surface area contributed by atoms with E-state index in [0.29, 0.717) is 5.41 Å². The van der Waals surface area contributed by atoms with Gasteiger partial charge in [-0.05, 0) is 25.2 Å². The molecule has 2 N–H and O–H groups in total. The molecule has 0 atom stereocenters. The van der Waals surface area contributed by atoms with E-state index in [1.165, 1.54) is 38.5 Å². The van der Waals surface area contributed by atoms with Crippen LogP contribution >= 0.6 is 0 Å². The lowest BCUT2D eigenvalue weighted by atomic mass is 9.92. The highest BCUT2D eigenvalue weighted by atomic mass is 15.1. The van der Waals surface area contributed by atoms with Gasteiger partial charge in [0.1, 0.15) is 0 Å². The average molecular weight is 238 g/mol. The van der Waals surface area contributed by atoms with Crippen molar-refractivity contribution in [2.75, 3.05) is 6.54 Å². The molecule has 17 heavy (non-hydrogen) atoms. The van der Waals surface area contributed by atoms with E-state index in [9.17, 15) is 0 Å². The number of rotatable bonds is 4. The van der Waals surface area contributed by atoms with E-state index in [4.69, 9.17) is 0 Å². The minimum atomic E-state index is 0.248.